The summed E-state index contributed by atoms with van der Waals surface area (Å²) >= 11 is 6.84. The Labute approximate surface area is 196 Å². The van der Waals surface area contributed by atoms with Crippen LogP contribution in [0.1, 0.15) is 57.4 Å². The number of fused-ring (bicyclic) bond motifs is 1. The Bertz CT molecular complexity index is 1250. The van der Waals surface area contributed by atoms with Gasteiger partial charge in [-0.1, -0.05) is 52.8 Å². The van der Waals surface area contributed by atoms with Crippen molar-refractivity contribution in [3.8, 4) is 0 Å². The third-order valence-electron chi connectivity index (χ3n) is 4.88. The molecule has 33 heavy (non-hydrogen) atoms. The number of hydrogen-bond donors (Lipinski definition) is 1. The largest absolute Gasteiger partial charge is 0.331 e. The van der Waals surface area contributed by atoms with Crippen molar-refractivity contribution in [1.82, 2.24) is 24.9 Å². The fourth-order valence-electron chi connectivity index (χ4n) is 3.44. The van der Waals surface area contributed by atoms with Crippen LogP contribution in [0.5, 0.6) is 0 Å². The molecule has 8 nitrogen and oxygen atoms in total. The zero-order chi connectivity index (χ0) is 23.7. The Morgan fingerprint density at radius 1 is 1.27 bits per heavy atom. The van der Waals surface area contributed by atoms with Gasteiger partial charge in [0.2, 0.25) is 5.13 Å². The standard InChI is InChI=1S/C21H19ClF2N6O2S/c1-11(2)9-13-15(18(31)25-21-27-26-19(33-21)17(23)24)28-30-8-7-29(20(32)16(13)30)10-12-5-3-4-6-14(12)22/h3-6,9,17H,7-8,10H2,1-2H3,(H,25,27,31). The first-order chi connectivity index (χ1) is 15.7. The first-order valence-corrected chi connectivity index (χ1v) is 11.2. The van der Waals surface area contributed by atoms with Crippen LogP contribution in [0, 0.1) is 0 Å². The Kier molecular flexibility index (Phi) is 6.52. The van der Waals surface area contributed by atoms with Gasteiger partial charge in [0.1, 0.15) is 5.69 Å². The number of aromatic nitrogens is 4. The average molecular weight is 493 g/mol. The number of benzene rings is 1. The van der Waals surface area contributed by atoms with Gasteiger partial charge in [0.05, 0.1) is 6.54 Å². The molecular formula is C21H19ClF2N6O2S. The monoisotopic (exact) mass is 492 g/mol. The van der Waals surface area contributed by atoms with Crippen LogP contribution in [0.3, 0.4) is 0 Å². The lowest BCUT2D eigenvalue weighted by Crippen LogP contribution is -2.40. The van der Waals surface area contributed by atoms with E-state index in [0.717, 1.165) is 11.1 Å². The average Bonchev–Trinajstić information content (AvgIpc) is 3.36. The summed E-state index contributed by atoms with van der Waals surface area (Å²) in [4.78, 5) is 27.9. The number of anilines is 1. The van der Waals surface area contributed by atoms with Crippen LogP contribution >= 0.6 is 22.9 Å². The van der Waals surface area contributed by atoms with E-state index in [4.69, 9.17) is 11.6 Å². The molecular weight excluding hydrogens is 474 g/mol. The lowest BCUT2D eigenvalue weighted by atomic mass is 10.1. The highest BCUT2D eigenvalue weighted by Gasteiger charge is 2.33. The highest BCUT2D eigenvalue weighted by atomic mass is 35.5. The Morgan fingerprint density at radius 2 is 2.03 bits per heavy atom. The normalized spacial score (nSPS) is 13.3. The van der Waals surface area contributed by atoms with Crippen molar-refractivity contribution in [1.29, 1.82) is 0 Å². The Hall–Kier alpha value is -3.18. The van der Waals surface area contributed by atoms with Crippen LogP contribution in [0.4, 0.5) is 13.9 Å². The zero-order valence-corrected chi connectivity index (χ0v) is 19.3. The van der Waals surface area contributed by atoms with Crippen LogP contribution in [0.2, 0.25) is 5.02 Å². The number of alkyl halides is 2. The molecule has 3 heterocycles. The molecule has 0 radical (unpaired) electrons. The molecule has 3 aromatic rings. The number of carbonyl (C=O) groups excluding carboxylic acids is 2. The first-order valence-electron chi connectivity index (χ1n) is 9.96. The van der Waals surface area contributed by atoms with Gasteiger partial charge < -0.3 is 4.90 Å². The topological polar surface area (TPSA) is 93.0 Å². The Morgan fingerprint density at radius 3 is 2.70 bits per heavy atom. The molecule has 0 aliphatic carbocycles. The number of rotatable bonds is 6. The van der Waals surface area contributed by atoms with E-state index in [1.54, 1.807) is 17.0 Å². The molecule has 1 aliphatic rings. The van der Waals surface area contributed by atoms with Gasteiger partial charge in [-0.3, -0.25) is 19.6 Å². The van der Waals surface area contributed by atoms with Crippen LogP contribution in [-0.4, -0.2) is 43.2 Å². The highest BCUT2D eigenvalue weighted by molar-refractivity contribution is 7.15. The van der Waals surface area contributed by atoms with E-state index in [-0.39, 0.29) is 22.4 Å². The fourth-order valence-corrected chi connectivity index (χ4v) is 4.23. The quantitative estimate of drug-likeness (QED) is 0.540. The maximum atomic E-state index is 13.4. The van der Waals surface area contributed by atoms with E-state index >= 15 is 0 Å². The predicted octanol–water partition coefficient (Wildman–Crippen LogP) is 4.66. The maximum Gasteiger partial charge on any atom is 0.291 e. The molecule has 1 aromatic carbocycles. The van der Waals surface area contributed by atoms with Crippen molar-refractivity contribution in [2.45, 2.75) is 33.4 Å². The molecule has 0 saturated heterocycles. The summed E-state index contributed by atoms with van der Waals surface area (Å²) in [5, 5.41) is 13.7. The van der Waals surface area contributed by atoms with Crippen molar-refractivity contribution < 1.29 is 18.4 Å². The minimum Gasteiger partial charge on any atom is -0.331 e. The molecule has 0 unspecified atom stereocenters. The molecule has 2 amide bonds. The van der Waals surface area contributed by atoms with E-state index in [9.17, 15) is 18.4 Å². The van der Waals surface area contributed by atoms with Crippen LogP contribution in [-0.2, 0) is 13.1 Å². The van der Waals surface area contributed by atoms with E-state index in [0.29, 0.717) is 41.6 Å². The fraction of sp³-hybridized carbons (Fsp3) is 0.286. The summed E-state index contributed by atoms with van der Waals surface area (Å²) in [6.07, 6.45) is -1.08. The van der Waals surface area contributed by atoms with Crippen LogP contribution < -0.4 is 5.32 Å². The summed E-state index contributed by atoms with van der Waals surface area (Å²) in [7, 11) is 0. The SMILES string of the molecule is CC(C)=Cc1c(C(=O)Nc2nnc(C(F)F)s2)nn2c1C(=O)N(Cc1ccccc1Cl)CC2. The van der Waals surface area contributed by atoms with Gasteiger partial charge in [0.25, 0.3) is 18.2 Å². The molecule has 1 aliphatic heterocycles. The zero-order valence-electron chi connectivity index (χ0n) is 17.7. The lowest BCUT2D eigenvalue weighted by molar-refractivity contribution is 0.0683. The summed E-state index contributed by atoms with van der Waals surface area (Å²) < 4.78 is 27.1. The predicted molar refractivity (Wildman–Crippen MR) is 121 cm³/mol. The van der Waals surface area contributed by atoms with Gasteiger partial charge >= 0.3 is 0 Å². The molecule has 0 fully saturated rings. The molecule has 0 spiro atoms. The summed E-state index contributed by atoms with van der Waals surface area (Å²) in [5.74, 6) is -0.942. The second-order valence-corrected chi connectivity index (χ2v) is 8.99. The number of nitrogens with zero attached hydrogens (tertiary/aromatic N) is 5. The molecule has 4 rings (SSSR count). The Balaban J connectivity index is 1.66. The highest BCUT2D eigenvalue weighted by Crippen LogP contribution is 2.28. The molecule has 0 bridgehead atoms. The molecule has 12 heteroatoms. The number of hydrogen-bond acceptors (Lipinski definition) is 6. The van der Waals surface area contributed by atoms with Gasteiger partial charge in [-0.05, 0) is 25.5 Å². The minimum absolute atomic E-state index is 0.00735. The maximum absolute atomic E-state index is 13.4. The van der Waals surface area contributed by atoms with Crippen LogP contribution in [0.15, 0.2) is 29.8 Å². The number of allylic oxidation sites excluding steroid dienone is 1. The van der Waals surface area contributed by atoms with Crippen LogP contribution in [0.25, 0.3) is 6.08 Å². The van der Waals surface area contributed by atoms with Gasteiger partial charge in [-0.15, -0.1) is 10.2 Å². The number of nitrogens with one attached hydrogen (secondary N) is 1. The third kappa shape index (κ3) is 4.79. The lowest BCUT2D eigenvalue weighted by Gasteiger charge is -2.28. The molecule has 0 atom stereocenters. The second kappa shape index (κ2) is 9.36. The van der Waals surface area contributed by atoms with E-state index in [1.165, 1.54) is 4.68 Å². The van der Waals surface area contributed by atoms with Crippen molar-refractivity contribution in [2.75, 3.05) is 11.9 Å². The molecule has 0 saturated carbocycles. The van der Waals surface area contributed by atoms with E-state index in [2.05, 4.69) is 20.6 Å². The number of carbonyl (C=O) groups is 2. The van der Waals surface area contributed by atoms with Crippen molar-refractivity contribution >= 4 is 46.0 Å². The number of amides is 2. The summed E-state index contributed by atoms with van der Waals surface area (Å²) in [6.45, 7) is 4.76. The molecule has 172 valence electrons. The summed E-state index contributed by atoms with van der Waals surface area (Å²) in [5.41, 5.74) is 2.32. The summed E-state index contributed by atoms with van der Waals surface area (Å²) in [6, 6.07) is 7.29. The van der Waals surface area contributed by atoms with Gasteiger partial charge in [-0.25, -0.2) is 8.78 Å². The van der Waals surface area contributed by atoms with Crippen molar-refractivity contribution in [3.05, 3.63) is 62.4 Å². The minimum atomic E-state index is -2.78. The third-order valence-corrected chi connectivity index (χ3v) is 6.09. The molecule has 2 aromatic heterocycles. The van der Waals surface area contributed by atoms with Crippen molar-refractivity contribution in [3.63, 3.8) is 0 Å². The van der Waals surface area contributed by atoms with Crippen molar-refractivity contribution in [2.24, 2.45) is 0 Å². The van der Waals surface area contributed by atoms with E-state index in [1.807, 2.05) is 32.0 Å². The van der Waals surface area contributed by atoms with Gasteiger partial charge in [0.15, 0.2) is 10.7 Å². The van der Waals surface area contributed by atoms with E-state index < -0.39 is 17.3 Å². The van der Waals surface area contributed by atoms with Gasteiger partial charge in [-0.2, -0.15) is 5.10 Å². The number of halogens is 3. The van der Waals surface area contributed by atoms with Gasteiger partial charge in [0, 0.05) is 23.7 Å². The second-order valence-electron chi connectivity index (χ2n) is 7.57. The first kappa shape index (κ1) is 23.0. The smallest absolute Gasteiger partial charge is 0.291 e. The molecule has 1 N–H and O–H groups in total.